The van der Waals surface area contributed by atoms with Crippen LogP contribution in [0.1, 0.15) is 58.4 Å². The number of hydrogen-bond acceptors (Lipinski definition) is 15. The van der Waals surface area contributed by atoms with Crippen LogP contribution in [0.2, 0.25) is 255 Å². The Balaban J connectivity index is 0. The van der Waals surface area contributed by atoms with E-state index in [0.717, 1.165) is 74.6 Å². The molecule has 0 spiro atoms. The molecule has 0 radical (unpaired) electrons. The zero-order valence-electron chi connectivity index (χ0n) is 69.4. The van der Waals surface area contributed by atoms with Crippen molar-refractivity contribution >= 4 is 184 Å². The van der Waals surface area contributed by atoms with Gasteiger partial charge in [-0.1, -0.05) is 57.2 Å². The molecule has 582 valence electrons. The molecule has 0 aromatic heterocycles. The minimum absolute atomic E-state index is 0.209. The van der Waals surface area contributed by atoms with Gasteiger partial charge in [-0.2, -0.15) is 0 Å². The Morgan fingerprint density at radius 1 is 0.643 bits per heavy atom. The van der Waals surface area contributed by atoms with Gasteiger partial charge < -0.3 is 61.2 Å². The summed E-state index contributed by atoms with van der Waals surface area (Å²) in [5.41, 5.74) is 12.4. The van der Waals surface area contributed by atoms with Gasteiger partial charge in [-0.05, 0) is 304 Å². The van der Waals surface area contributed by atoms with E-state index in [-0.39, 0.29) is 15.7 Å². The molecule has 1 aliphatic heterocycles. The fraction of sp³-hybridized carbons (Fsp3) is 0.857. The van der Waals surface area contributed by atoms with Crippen molar-refractivity contribution in [1.82, 2.24) is 0 Å². The van der Waals surface area contributed by atoms with E-state index >= 15 is 0 Å². The van der Waals surface area contributed by atoms with Crippen molar-refractivity contribution in [2.45, 2.75) is 314 Å². The largest absolute Gasteiger partial charge is 0.508 e. The number of phenolic OH excluding ortho intramolecular Hbond substituents is 1. The molecule has 1 fully saturated rings. The summed E-state index contributed by atoms with van der Waals surface area (Å²) in [6.45, 7) is 76.4. The van der Waals surface area contributed by atoms with Gasteiger partial charge in [0.05, 0.1) is 6.61 Å². The van der Waals surface area contributed by atoms with Crippen molar-refractivity contribution in [2.75, 3.05) is 25.3 Å². The molecule has 1 heterocycles. The molecule has 35 heteroatoms. The van der Waals surface area contributed by atoms with Crippen molar-refractivity contribution in [3.8, 4) is 5.75 Å². The fourth-order valence-electron chi connectivity index (χ4n) is 12.1. The molecule has 15 nitrogen and oxygen atoms in total. The molecule has 5 unspecified atom stereocenters. The van der Waals surface area contributed by atoms with E-state index in [2.05, 4.69) is 204 Å². The number of benzene rings is 1. The van der Waals surface area contributed by atoms with Gasteiger partial charge >= 0.3 is 23.1 Å². The number of carbonyl (C=O) groups excluding carboxylic acids is 1. The molecule has 1 saturated heterocycles. The van der Waals surface area contributed by atoms with Crippen molar-refractivity contribution in [3.05, 3.63) is 42.0 Å². The predicted octanol–water partition coefficient (Wildman–Crippen LogP) is 16.3. The van der Waals surface area contributed by atoms with Gasteiger partial charge in [-0.3, -0.25) is 4.79 Å². The molecule has 1 aromatic carbocycles. The SMILES string of the molecule is C=C(C[SiH2]O[Si](C)(C)C[SiH2]O[Si](C)(C)CCCc1ccccc1O)C(C)C.CC(=O)OCCC[Si](C)(C)O[SiH](C)CC[Si](C)(O[Si](C)(C)C)O[Si](C)(C)O[Si](C)(C)C.C[SiH2]O[Si](C)(C)C[SiH](C)O[Si](C)(C)CCCN.C[SiH](CC[Si]1(C)CCCCO1)O[Si](C)(C)C[SiH2]O[Si](C)(C)CCl. The molecular weight excluding hydrogens is 1560 g/mol. The lowest BCUT2D eigenvalue weighted by molar-refractivity contribution is -0.140. The maximum Gasteiger partial charge on any atom is 0.315 e. The van der Waals surface area contributed by atoms with Crippen LogP contribution < -0.4 is 5.73 Å². The van der Waals surface area contributed by atoms with Gasteiger partial charge in [0.2, 0.25) is 0 Å². The number of aromatic hydroxyl groups is 1. The van der Waals surface area contributed by atoms with Crippen molar-refractivity contribution in [2.24, 2.45) is 11.7 Å². The first kappa shape index (κ1) is 102. The molecule has 2 rings (SSSR count). The summed E-state index contributed by atoms with van der Waals surface area (Å²) in [4.78, 5) is 10.9. The summed E-state index contributed by atoms with van der Waals surface area (Å²) in [5, 5.41) is 9.88. The van der Waals surface area contributed by atoms with Gasteiger partial charge in [0.25, 0.3) is 0 Å². The summed E-state index contributed by atoms with van der Waals surface area (Å²) in [6.07, 6.45) is 6.65. The van der Waals surface area contributed by atoms with E-state index in [1.165, 1.54) is 66.5 Å². The summed E-state index contributed by atoms with van der Waals surface area (Å²) >= 11 is 5.99. The number of rotatable bonds is 47. The summed E-state index contributed by atoms with van der Waals surface area (Å²) < 4.78 is 75.9. The number of esters is 1. The first-order valence-corrected chi connectivity index (χ1v) is 89.0. The standard InChI is InChI=1S/C20H40O3Si4.C19H50O6Si6.C14H37ClO3Si5.C10H31NO2Si4/c1-17(2)18(3)15-24-22-27(6,7)16-25-23-26(4,5)14-10-12-19-11-8-9-13-20(19)21;1-19(20)21-15-14-17-29(9,10)22-26(2)16-18-31(13,24-28(6,7)8)25-30(11,12)23-27(3,4)5;1-20(10-12-23(6)11-8-7-9-16-23)18-22(4,5)14-19-17-21(2,3)13-15;1-14-12-17(5,6)10-15(2)13-16(3,4)9-7-8-11/h8-9,11,13,17,21H,3,10,12,14-16,24-25H2,1-2,4-7H3;26H,14-18H2,1-13H3;20H,7-14,19H2,1-6H3;15H,7-11,14H2,1-6H3. The molecule has 1 aromatic rings. The molecule has 98 heavy (non-hydrogen) atoms. The van der Waals surface area contributed by atoms with Crippen LogP contribution >= 0.6 is 11.6 Å². The van der Waals surface area contributed by atoms with Crippen LogP contribution in [0.3, 0.4) is 0 Å². The van der Waals surface area contributed by atoms with Gasteiger partial charge in [0.1, 0.15) is 35.0 Å². The molecule has 0 aliphatic carbocycles. The van der Waals surface area contributed by atoms with E-state index < -0.39 is 157 Å². The highest BCUT2D eigenvalue weighted by Crippen LogP contribution is 2.32. The number of para-hydroxylation sites is 1. The van der Waals surface area contributed by atoms with Gasteiger partial charge in [-0.15, -0.1) is 11.6 Å². The van der Waals surface area contributed by atoms with Crippen LogP contribution in [-0.4, -0.2) is 203 Å². The Labute approximate surface area is 637 Å². The predicted molar refractivity (Wildman–Crippen MR) is 479 cm³/mol. The third kappa shape index (κ3) is 57.3. The monoisotopic (exact) mass is 1720 g/mol. The maximum absolute atomic E-state index is 10.9. The van der Waals surface area contributed by atoms with E-state index in [9.17, 15) is 9.90 Å². The normalized spacial score (nSPS) is 17.6. The quantitative estimate of drug-likeness (QED) is 0.0207. The van der Waals surface area contributed by atoms with Crippen LogP contribution in [0.25, 0.3) is 0 Å². The Morgan fingerprint density at radius 3 is 1.66 bits per heavy atom. The van der Waals surface area contributed by atoms with E-state index in [1.807, 2.05) is 18.2 Å². The average molecular weight is 1720 g/mol. The number of alkyl halides is 1. The first-order chi connectivity index (χ1) is 44.5. The van der Waals surface area contributed by atoms with E-state index in [1.54, 1.807) is 6.07 Å². The van der Waals surface area contributed by atoms with Crippen LogP contribution in [0, 0.1) is 5.92 Å². The Bertz CT molecular complexity index is 2320. The molecule has 0 bridgehead atoms. The van der Waals surface area contributed by atoms with Crippen molar-refractivity contribution < 1.29 is 60.2 Å². The van der Waals surface area contributed by atoms with Crippen LogP contribution in [-0.2, 0) is 61.5 Å². The molecule has 5 atom stereocenters. The highest BCUT2D eigenvalue weighted by molar-refractivity contribution is 6.91. The average Bonchev–Trinajstić information content (AvgIpc) is 0.760. The maximum atomic E-state index is 10.9. The zero-order chi connectivity index (χ0) is 76.3. The Kier molecular flexibility index (Phi) is 50.7. The number of ether oxygens (including phenoxy) is 1. The number of carbonyl (C=O) groups is 1. The number of halogens is 1. The second kappa shape index (κ2) is 48.6. The number of phenols is 1. The smallest absolute Gasteiger partial charge is 0.315 e. The second-order valence-electron chi connectivity index (χ2n) is 35.2. The molecular formula is C63H158ClNO14Si19. The highest BCUT2D eigenvalue weighted by Gasteiger charge is 2.45. The highest BCUT2D eigenvalue weighted by atomic mass is 35.5. The minimum Gasteiger partial charge on any atom is -0.508 e. The number of nitrogens with two attached hydrogens (primary N) is 1. The van der Waals surface area contributed by atoms with E-state index in [0.29, 0.717) is 23.8 Å². The third-order valence-corrected chi connectivity index (χ3v) is 91.6. The number of hydrogen-bond donors (Lipinski definition) is 2. The summed E-state index contributed by atoms with van der Waals surface area (Å²) in [6, 6.07) is 18.1. The van der Waals surface area contributed by atoms with Crippen molar-refractivity contribution in [1.29, 1.82) is 0 Å². The third-order valence-electron chi connectivity index (χ3n) is 16.9. The lowest BCUT2D eigenvalue weighted by Crippen LogP contribution is -2.57. The molecule has 0 amide bonds. The second-order valence-corrected chi connectivity index (χ2v) is 104. The van der Waals surface area contributed by atoms with Crippen LogP contribution in [0.15, 0.2) is 36.4 Å². The molecule has 0 saturated carbocycles. The molecule has 1 aliphatic rings. The van der Waals surface area contributed by atoms with Gasteiger partial charge in [-0.25, -0.2) is 0 Å². The Morgan fingerprint density at radius 2 is 1.15 bits per heavy atom. The Hall–Kier alpha value is 2.16. The minimum atomic E-state index is -2.37. The van der Waals surface area contributed by atoms with Crippen LogP contribution in [0.4, 0.5) is 0 Å². The topological polar surface area (TPSA) is 174 Å². The number of aryl methyl sites for hydroxylation is 1. The summed E-state index contributed by atoms with van der Waals surface area (Å²) in [5.74, 6) is 0.786. The van der Waals surface area contributed by atoms with Crippen molar-refractivity contribution in [3.63, 3.8) is 0 Å². The summed E-state index contributed by atoms with van der Waals surface area (Å²) in [7, 11) is -25.5. The first-order valence-electron chi connectivity index (χ1n) is 37.6. The van der Waals surface area contributed by atoms with Gasteiger partial charge in [0.15, 0.2) is 120 Å². The lowest BCUT2D eigenvalue weighted by atomic mass is 10.1. The number of allylic oxidation sites excluding steroid dienone is 1. The molecule has 3 N–H and O–H groups in total. The lowest BCUT2D eigenvalue weighted by Gasteiger charge is -2.41. The van der Waals surface area contributed by atoms with Gasteiger partial charge in [0, 0.05) is 19.0 Å². The zero-order valence-corrected chi connectivity index (χ0v) is 91.3. The van der Waals surface area contributed by atoms with Crippen LogP contribution in [0.5, 0.6) is 5.75 Å². The van der Waals surface area contributed by atoms with E-state index in [4.69, 9.17) is 67.6 Å². The fourth-order valence-corrected chi connectivity index (χ4v) is 87.9.